The van der Waals surface area contributed by atoms with Crippen LogP contribution >= 0.6 is 0 Å². The van der Waals surface area contributed by atoms with Crippen LogP contribution in [-0.4, -0.2) is 30.9 Å². The van der Waals surface area contributed by atoms with Crippen LogP contribution in [0.4, 0.5) is 13.2 Å². The molecule has 0 aromatic rings. The van der Waals surface area contributed by atoms with Gasteiger partial charge in [-0.2, -0.15) is 13.2 Å². The van der Waals surface area contributed by atoms with Gasteiger partial charge in [0, 0.05) is 0 Å². The van der Waals surface area contributed by atoms with Crippen molar-refractivity contribution in [2.75, 3.05) is 6.61 Å². The summed E-state index contributed by atoms with van der Waals surface area (Å²) < 4.78 is 40.8. The highest BCUT2D eigenvalue weighted by Crippen LogP contribution is 2.32. The van der Waals surface area contributed by atoms with E-state index in [4.69, 9.17) is 4.74 Å². The largest absolute Gasteiger partial charge is 0.414 e. The number of amides is 1. The van der Waals surface area contributed by atoms with E-state index in [0.29, 0.717) is 0 Å². The van der Waals surface area contributed by atoms with Crippen molar-refractivity contribution in [1.29, 1.82) is 0 Å². The first-order valence-electron chi connectivity index (χ1n) is 5.36. The van der Waals surface area contributed by atoms with E-state index in [1.807, 2.05) is 19.3 Å². The fourth-order valence-electron chi connectivity index (χ4n) is 1.98. The Balaban J connectivity index is 2.43. The summed E-state index contributed by atoms with van der Waals surface area (Å²) in [7, 11) is 0. The Morgan fingerprint density at radius 1 is 1.29 bits per heavy atom. The third-order valence-electron chi connectivity index (χ3n) is 2.95. The second-order valence-electron chi connectivity index (χ2n) is 4.30. The molecule has 1 N–H and O–H groups in total. The summed E-state index contributed by atoms with van der Waals surface area (Å²) in [4.78, 5) is 15.7. The van der Waals surface area contributed by atoms with Crippen molar-refractivity contribution < 1.29 is 27.5 Å². The van der Waals surface area contributed by atoms with Crippen molar-refractivity contribution >= 4 is 5.91 Å². The van der Waals surface area contributed by atoms with Crippen molar-refractivity contribution in [1.82, 2.24) is 5.48 Å². The molecule has 4 atom stereocenters. The molecule has 0 bridgehead atoms. The summed E-state index contributed by atoms with van der Waals surface area (Å²) >= 11 is 0. The lowest BCUT2D eigenvalue weighted by Gasteiger charge is -2.17. The highest BCUT2D eigenvalue weighted by molar-refractivity contribution is 5.78. The number of alkyl halides is 3. The molecule has 1 rings (SSSR count). The van der Waals surface area contributed by atoms with Crippen LogP contribution in [0.1, 0.15) is 20.8 Å². The number of rotatable bonds is 3. The van der Waals surface area contributed by atoms with Crippen LogP contribution in [0.25, 0.3) is 0 Å². The average Bonchev–Trinajstić information content (AvgIpc) is 2.38. The monoisotopic (exact) mass is 255 g/mol. The Bertz CT molecular complexity index is 282. The molecule has 4 nitrogen and oxygen atoms in total. The molecular weight excluding hydrogens is 239 g/mol. The molecule has 0 spiro atoms. The Morgan fingerprint density at radius 3 is 2.29 bits per heavy atom. The Hall–Kier alpha value is -0.820. The van der Waals surface area contributed by atoms with Gasteiger partial charge in [-0.3, -0.25) is 9.63 Å². The smallest absolute Gasteiger partial charge is 0.374 e. The fraction of sp³-hybridized carbons (Fsp3) is 0.900. The maximum absolute atomic E-state index is 11.8. The van der Waals surface area contributed by atoms with E-state index in [0.717, 1.165) is 0 Å². The maximum Gasteiger partial charge on any atom is 0.414 e. The zero-order valence-electron chi connectivity index (χ0n) is 9.88. The molecule has 7 heteroatoms. The molecule has 0 radical (unpaired) electrons. The van der Waals surface area contributed by atoms with Crippen molar-refractivity contribution in [3.63, 3.8) is 0 Å². The molecule has 1 fully saturated rings. The molecule has 17 heavy (non-hydrogen) atoms. The van der Waals surface area contributed by atoms with E-state index in [9.17, 15) is 18.0 Å². The lowest BCUT2D eigenvalue weighted by atomic mass is 9.89. The van der Waals surface area contributed by atoms with E-state index in [-0.39, 0.29) is 18.1 Å². The average molecular weight is 255 g/mol. The van der Waals surface area contributed by atoms with Crippen molar-refractivity contribution in [3.8, 4) is 0 Å². The molecule has 1 aliphatic heterocycles. The summed E-state index contributed by atoms with van der Waals surface area (Å²) in [6.07, 6.45) is -4.87. The van der Waals surface area contributed by atoms with Gasteiger partial charge in [-0.15, -0.1) is 0 Å². The topological polar surface area (TPSA) is 47.6 Å². The normalized spacial score (nSPS) is 33.8. The van der Waals surface area contributed by atoms with Crippen LogP contribution in [0.3, 0.4) is 0 Å². The first-order valence-corrected chi connectivity index (χ1v) is 5.36. The van der Waals surface area contributed by atoms with Gasteiger partial charge in [-0.05, 0) is 19.8 Å². The summed E-state index contributed by atoms with van der Waals surface area (Å²) in [5, 5.41) is 0. The number of carbonyl (C=O) groups is 1. The molecule has 1 heterocycles. The van der Waals surface area contributed by atoms with Crippen LogP contribution < -0.4 is 5.48 Å². The van der Waals surface area contributed by atoms with E-state index in [2.05, 4.69) is 4.84 Å². The van der Waals surface area contributed by atoms with Gasteiger partial charge in [0.15, 0.2) is 6.61 Å². The number of hydrogen-bond acceptors (Lipinski definition) is 3. The molecule has 100 valence electrons. The SMILES string of the molecule is CC1OC(C)C(C(=O)NOCC(F)(F)F)C1C. The van der Waals surface area contributed by atoms with Crippen LogP contribution in [0.15, 0.2) is 0 Å². The zero-order valence-corrected chi connectivity index (χ0v) is 9.88. The second-order valence-corrected chi connectivity index (χ2v) is 4.30. The Kier molecular flexibility index (Phi) is 4.37. The summed E-state index contributed by atoms with van der Waals surface area (Å²) in [6.45, 7) is 3.87. The lowest BCUT2D eigenvalue weighted by Crippen LogP contribution is -2.38. The number of carbonyl (C=O) groups excluding carboxylic acids is 1. The van der Waals surface area contributed by atoms with Crippen molar-refractivity contribution in [2.24, 2.45) is 11.8 Å². The van der Waals surface area contributed by atoms with Crippen molar-refractivity contribution in [3.05, 3.63) is 0 Å². The Morgan fingerprint density at radius 2 is 1.88 bits per heavy atom. The lowest BCUT2D eigenvalue weighted by molar-refractivity contribution is -0.193. The zero-order chi connectivity index (χ0) is 13.2. The number of ether oxygens (including phenoxy) is 1. The molecule has 4 unspecified atom stereocenters. The molecule has 1 saturated heterocycles. The van der Waals surface area contributed by atoms with Gasteiger partial charge in [0.05, 0.1) is 18.1 Å². The number of halogens is 3. The minimum Gasteiger partial charge on any atom is -0.374 e. The highest BCUT2D eigenvalue weighted by atomic mass is 19.4. The number of hydroxylamine groups is 1. The van der Waals surface area contributed by atoms with E-state index < -0.39 is 24.6 Å². The number of nitrogens with one attached hydrogen (secondary N) is 1. The maximum atomic E-state index is 11.8. The molecule has 0 aromatic carbocycles. The predicted octanol–water partition coefficient (Wildman–Crippen LogP) is 1.66. The van der Waals surface area contributed by atoms with Gasteiger partial charge >= 0.3 is 6.18 Å². The van der Waals surface area contributed by atoms with Crippen LogP contribution in [-0.2, 0) is 14.4 Å². The van der Waals surface area contributed by atoms with Gasteiger partial charge in [0.25, 0.3) is 0 Å². The molecular formula is C10H16F3NO3. The van der Waals surface area contributed by atoms with Gasteiger partial charge in [-0.1, -0.05) is 6.92 Å². The van der Waals surface area contributed by atoms with E-state index >= 15 is 0 Å². The van der Waals surface area contributed by atoms with Crippen LogP contribution in [0.2, 0.25) is 0 Å². The standard InChI is InChI=1S/C10H16F3NO3/c1-5-6(2)17-7(3)8(5)9(15)14-16-4-10(11,12)13/h5-8H,4H2,1-3H3,(H,14,15). The summed E-state index contributed by atoms with van der Waals surface area (Å²) in [5.74, 6) is -1.11. The van der Waals surface area contributed by atoms with Gasteiger partial charge in [0.1, 0.15) is 0 Å². The molecule has 0 saturated carbocycles. The van der Waals surface area contributed by atoms with Crippen molar-refractivity contribution in [2.45, 2.75) is 39.2 Å². The third-order valence-corrected chi connectivity index (χ3v) is 2.95. The highest BCUT2D eigenvalue weighted by Gasteiger charge is 2.42. The molecule has 1 aliphatic rings. The van der Waals surface area contributed by atoms with Crippen LogP contribution in [0, 0.1) is 11.8 Å². The summed E-state index contributed by atoms with van der Waals surface area (Å²) in [6, 6.07) is 0. The number of hydrogen-bond donors (Lipinski definition) is 1. The molecule has 0 aliphatic carbocycles. The van der Waals surface area contributed by atoms with Gasteiger partial charge in [-0.25, -0.2) is 5.48 Å². The van der Waals surface area contributed by atoms with E-state index in [1.165, 1.54) is 0 Å². The quantitative estimate of drug-likeness (QED) is 0.780. The first kappa shape index (κ1) is 14.2. The van der Waals surface area contributed by atoms with E-state index in [1.54, 1.807) is 6.92 Å². The second kappa shape index (κ2) is 5.22. The molecule has 1 amide bonds. The Labute approximate surface area is 97.4 Å². The first-order chi connectivity index (χ1) is 7.72. The predicted molar refractivity (Wildman–Crippen MR) is 52.8 cm³/mol. The fourth-order valence-corrected chi connectivity index (χ4v) is 1.98. The minimum atomic E-state index is -4.45. The summed E-state index contributed by atoms with van der Waals surface area (Å²) in [5.41, 5.74) is 1.82. The minimum absolute atomic E-state index is 0.0560. The van der Waals surface area contributed by atoms with Crippen LogP contribution in [0.5, 0.6) is 0 Å². The molecule has 0 aromatic heterocycles. The van der Waals surface area contributed by atoms with Gasteiger partial charge < -0.3 is 4.74 Å². The third kappa shape index (κ3) is 3.85. The van der Waals surface area contributed by atoms with Gasteiger partial charge in [0.2, 0.25) is 5.91 Å².